The molecule has 0 bridgehead atoms. The summed E-state index contributed by atoms with van der Waals surface area (Å²) < 4.78 is 32.3. The third-order valence-corrected chi connectivity index (χ3v) is 5.07. The molecule has 2 aromatic carbocycles. The number of benzene rings is 2. The summed E-state index contributed by atoms with van der Waals surface area (Å²) in [4.78, 5) is 4.61. The van der Waals surface area contributed by atoms with Crippen LogP contribution in [0.15, 0.2) is 47.5 Å². The number of guanidine groups is 1. The van der Waals surface area contributed by atoms with Crippen LogP contribution in [-0.2, 0) is 0 Å². The summed E-state index contributed by atoms with van der Waals surface area (Å²) in [5.74, 6) is 0.346. The van der Waals surface area contributed by atoms with Crippen molar-refractivity contribution in [1.82, 2.24) is 5.32 Å². The normalized spacial score (nSPS) is 25.0. The smallest absolute Gasteiger partial charge is 0.189 e. The Kier molecular flexibility index (Phi) is 4.49. The Morgan fingerprint density at radius 1 is 1.12 bits per heavy atom. The summed E-state index contributed by atoms with van der Waals surface area (Å²) in [5.41, 5.74) is 7.83. The molecular weight excluding hydrogens is 336 g/mol. The van der Waals surface area contributed by atoms with E-state index in [1.165, 1.54) is 12.1 Å². The molecule has 136 valence electrons. The maximum atomic E-state index is 13.3. The van der Waals surface area contributed by atoms with Gasteiger partial charge in [0.25, 0.3) is 0 Å². The van der Waals surface area contributed by atoms with Crippen LogP contribution < -0.4 is 15.8 Å². The summed E-state index contributed by atoms with van der Waals surface area (Å²) in [6, 6.07) is 11.7. The third kappa shape index (κ3) is 3.49. The molecule has 0 aromatic heterocycles. The van der Waals surface area contributed by atoms with Gasteiger partial charge in [-0.2, -0.15) is 0 Å². The van der Waals surface area contributed by atoms with Gasteiger partial charge in [0.2, 0.25) is 0 Å². The van der Waals surface area contributed by atoms with E-state index in [1.54, 1.807) is 0 Å². The summed E-state index contributed by atoms with van der Waals surface area (Å²) >= 11 is 0. The van der Waals surface area contributed by atoms with Crippen molar-refractivity contribution in [2.45, 2.75) is 37.3 Å². The molecule has 1 unspecified atom stereocenters. The van der Waals surface area contributed by atoms with Crippen LogP contribution in [0.2, 0.25) is 0 Å². The predicted octanol–water partition coefficient (Wildman–Crippen LogP) is 3.64. The number of hydrogen-bond acceptors (Lipinski definition) is 2. The Morgan fingerprint density at radius 3 is 2.62 bits per heavy atom. The first-order chi connectivity index (χ1) is 12.6. The standard InChI is InChI=1S/C20H21F2N3O/c21-14-7-12(8-15(22)11-14)13-9-16(10-13)24-20(23)25-18-5-6-26-19-4-2-1-3-17(18)19/h1-4,7-8,11,13,16,18H,5-6,9-10H2,(H3,23,24,25). The second-order valence-corrected chi connectivity index (χ2v) is 6.92. The van der Waals surface area contributed by atoms with Crippen molar-refractivity contribution < 1.29 is 13.5 Å². The molecule has 4 nitrogen and oxygen atoms in total. The van der Waals surface area contributed by atoms with Crippen molar-refractivity contribution in [1.29, 1.82) is 0 Å². The van der Waals surface area contributed by atoms with E-state index in [0.29, 0.717) is 18.1 Å². The topological polar surface area (TPSA) is 59.6 Å². The quantitative estimate of drug-likeness (QED) is 0.651. The third-order valence-electron chi connectivity index (χ3n) is 5.07. The highest BCUT2D eigenvalue weighted by molar-refractivity contribution is 5.78. The van der Waals surface area contributed by atoms with Crippen LogP contribution in [0.5, 0.6) is 5.75 Å². The molecule has 1 heterocycles. The first-order valence-electron chi connectivity index (χ1n) is 8.86. The molecule has 0 amide bonds. The lowest BCUT2D eigenvalue weighted by molar-refractivity contribution is 0.269. The molecular formula is C20H21F2N3O. The minimum absolute atomic E-state index is 0.0133. The summed E-state index contributed by atoms with van der Waals surface area (Å²) in [6.45, 7) is 0.620. The highest BCUT2D eigenvalue weighted by Gasteiger charge is 2.31. The first kappa shape index (κ1) is 16.8. The molecule has 0 saturated heterocycles. The minimum atomic E-state index is -0.532. The Labute approximate surface area is 151 Å². The average Bonchev–Trinajstić information content (AvgIpc) is 2.57. The van der Waals surface area contributed by atoms with Gasteiger partial charge in [0.1, 0.15) is 17.4 Å². The van der Waals surface area contributed by atoms with Crippen LogP contribution in [-0.4, -0.2) is 18.6 Å². The van der Waals surface area contributed by atoms with Gasteiger partial charge in [-0.3, -0.25) is 0 Å². The number of para-hydroxylation sites is 1. The molecule has 1 saturated carbocycles. The van der Waals surface area contributed by atoms with Gasteiger partial charge in [-0.05, 0) is 42.5 Å². The van der Waals surface area contributed by atoms with Crippen LogP contribution in [0, 0.1) is 11.6 Å². The van der Waals surface area contributed by atoms with Crippen molar-refractivity contribution in [2.24, 2.45) is 10.7 Å². The Bertz CT molecular complexity index is 813. The van der Waals surface area contributed by atoms with Crippen LogP contribution in [0.3, 0.4) is 0 Å². The molecule has 6 heteroatoms. The molecule has 0 radical (unpaired) electrons. The van der Waals surface area contributed by atoms with Crippen LogP contribution >= 0.6 is 0 Å². The molecule has 2 aromatic rings. The van der Waals surface area contributed by atoms with Crippen molar-refractivity contribution in [3.8, 4) is 5.75 Å². The number of nitrogens with one attached hydrogen (secondary N) is 1. The number of nitrogens with two attached hydrogens (primary N) is 1. The van der Waals surface area contributed by atoms with Gasteiger partial charge >= 0.3 is 0 Å². The van der Waals surface area contributed by atoms with Gasteiger partial charge in [-0.15, -0.1) is 0 Å². The van der Waals surface area contributed by atoms with Crippen LogP contribution in [0.25, 0.3) is 0 Å². The van der Waals surface area contributed by atoms with E-state index in [4.69, 9.17) is 10.5 Å². The lowest BCUT2D eigenvalue weighted by Gasteiger charge is -2.36. The maximum Gasteiger partial charge on any atom is 0.189 e. The van der Waals surface area contributed by atoms with Gasteiger partial charge in [-0.1, -0.05) is 18.2 Å². The average molecular weight is 357 g/mol. The number of halogens is 2. The molecule has 26 heavy (non-hydrogen) atoms. The van der Waals surface area contributed by atoms with Crippen LogP contribution in [0.4, 0.5) is 8.78 Å². The highest BCUT2D eigenvalue weighted by Crippen LogP contribution is 2.38. The molecule has 4 rings (SSSR count). The molecule has 1 aliphatic carbocycles. The number of rotatable bonds is 3. The molecule has 1 aliphatic heterocycles. The van der Waals surface area contributed by atoms with Crippen molar-refractivity contribution in [3.05, 3.63) is 65.2 Å². The van der Waals surface area contributed by atoms with E-state index in [1.807, 2.05) is 24.3 Å². The summed E-state index contributed by atoms with van der Waals surface area (Å²) in [7, 11) is 0. The number of hydrogen-bond donors (Lipinski definition) is 2. The molecule has 1 atom stereocenters. The second kappa shape index (κ2) is 6.94. The fraction of sp³-hybridized carbons (Fsp3) is 0.350. The lowest BCUT2D eigenvalue weighted by atomic mass is 9.76. The zero-order chi connectivity index (χ0) is 18.1. The van der Waals surface area contributed by atoms with E-state index in [-0.39, 0.29) is 18.0 Å². The van der Waals surface area contributed by atoms with E-state index in [0.717, 1.165) is 36.6 Å². The molecule has 1 fully saturated rings. The van der Waals surface area contributed by atoms with E-state index in [2.05, 4.69) is 10.3 Å². The van der Waals surface area contributed by atoms with Gasteiger partial charge < -0.3 is 15.8 Å². The SMILES string of the molecule is NC(=NC1CCOc2ccccc21)NC1CC(c2cc(F)cc(F)c2)C1. The fourth-order valence-corrected chi connectivity index (χ4v) is 3.69. The zero-order valence-electron chi connectivity index (χ0n) is 14.3. The first-order valence-corrected chi connectivity index (χ1v) is 8.86. The lowest BCUT2D eigenvalue weighted by Crippen LogP contribution is -2.46. The van der Waals surface area contributed by atoms with Gasteiger partial charge in [0.05, 0.1) is 12.6 Å². The second-order valence-electron chi connectivity index (χ2n) is 6.92. The van der Waals surface area contributed by atoms with Crippen molar-refractivity contribution in [3.63, 3.8) is 0 Å². The fourth-order valence-electron chi connectivity index (χ4n) is 3.69. The number of fused-ring (bicyclic) bond motifs is 1. The van der Waals surface area contributed by atoms with E-state index >= 15 is 0 Å². The zero-order valence-corrected chi connectivity index (χ0v) is 14.3. The Balaban J connectivity index is 1.37. The molecule has 3 N–H and O–H groups in total. The number of aliphatic imine (C=N–C) groups is 1. The van der Waals surface area contributed by atoms with Crippen molar-refractivity contribution >= 4 is 5.96 Å². The number of ether oxygens (including phenoxy) is 1. The van der Waals surface area contributed by atoms with Gasteiger partial charge in [0, 0.05) is 24.1 Å². The predicted molar refractivity (Wildman–Crippen MR) is 96.2 cm³/mol. The van der Waals surface area contributed by atoms with Gasteiger partial charge in [0.15, 0.2) is 5.96 Å². The van der Waals surface area contributed by atoms with Crippen LogP contribution in [0.1, 0.15) is 42.3 Å². The Morgan fingerprint density at radius 2 is 1.85 bits per heavy atom. The summed E-state index contributed by atoms with van der Waals surface area (Å²) in [6.07, 6.45) is 2.35. The number of nitrogens with zero attached hydrogens (tertiary/aromatic N) is 1. The maximum absolute atomic E-state index is 13.3. The molecule has 0 spiro atoms. The largest absolute Gasteiger partial charge is 0.493 e. The monoisotopic (exact) mass is 357 g/mol. The summed E-state index contributed by atoms with van der Waals surface area (Å²) in [5, 5.41) is 3.22. The Hall–Kier alpha value is -2.63. The van der Waals surface area contributed by atoms with E-state index in [9.17, 15) is 8.78 Å². The van der Waals surface area contributed by atoms with Gasteiger partial charge in [-0.25, -0.2) is 13.8 Å². The molecule has 2 aliphatic rings. The highest BCUT2D eigenvalue weighted by atomic mass is 19.1. The van der Waals surface area contributed by atoms with E-state index < -0.39 is 11.6 Å². The van der Waals surface area contributed by atoms with Crippen molar-refractivity contribution in [2.75, 3.05) is 6.61 Å². The minimum Gasteiger partial charge on any atom is -0.493 e.